The Bertz CT molecular complexity index is 606. The number of nitrogens with zero attached hydrogens (tertiary/aromatic N) is 2. The first-order chi connectivity index (χ1) is 9.47. The molecule has 1 atom stereocenters. The molecule has 1 aromatic rings. The summed E-state index contributed by atoms with van der Waals surface area (Å²) in [6, 6.07) is -0.616. The molecule has 1 aliphatic heterocycles. The minimum atomic E-state index is -0.677. The van der Waals surface area contributed by atoms with Crippen LogP contribution in [0.4, 0.5) is 0 Å². The maximum absolute atomic E-state index is 12.7. The number of carbonyl (C=O) groups is 3. The molecular formula is C13H15N3O3S. The molecule has 1 saturated carbocycles. The van der Waals surface area contributed by atoms with Crippen LogP contribution in [0.2, 0.25) is 0 Å². The van der Waals surface area contributed by atoms with Crippen molar-refractivity contribution in [2.45, 2.75) is 45.2 Å². The minimum absolute atomic E-state index is 0.0588. The van der Waals surface area contributed by atoms with Gasteiger partial charge in [0.1, 0.15) is 11.7 Å². The number of thiazole rings is 1. The van der Waals surface area contributed by atoms with E-state index >= 15 is 0 Å². The zero-order valence-corrected chi connectivity index (χ0v) is 12.1. The number of amides is 3. The predicted octanol–water partition coefficient (Wildman–Crippen LogP) is 0.780. The van der Waals surface area contributed by atoms with E-state index in [1.807, 2.05) is 13.8 Å². The van der Waals surface area contributed by atoms with Crippen LogP contribution < -0.4 is 5.32 Å². The van der Waals surface area contributed by atoms with Gasteiger partial charge >= 0.3 is 0 Å². The van der Waals surface area contributed by atoms with Gasteiger partial charge in [-0.25, -0.2) is 4.98 Å². The summed E-state index contributed by atoms with van der Waals surface area (Å²) in [6.07, 6.45) is 1.82. The van der Waals surface area contributed by atoms with Crippen LogP contribution in [-0.4, -0.2) is 39.7 Å². The first-order valence-electron chi connectivity index (χ1n) is 6.57. The summed E-state index contributed by atoms with van der Waals surface area (Å²) in [7, 11) is 0. The second-order valence-electron chi connectivity index (χ2n) is 5.21. The third-order valence-electron chi connectivity index (χ3n) is 3.56. The Labute approximate surface area is 120 Å². The fourth-order valence-electron chi connectivity index (χ4n) is 2.53. The van der Waals surface area contributed by atoms with E-state index in [-0.39, 0.29) is 30.2 Å². The molecular weight excluding hydrogens is 278 g/mol. The maximum Gasteiger partial charge on any atom is 0.274 e. The van der Waals surface area contributed by atoms with Crippen molar-refractivity contribution in [1.29, 1.82) is 0 Å². The third kappa shape index (κ3) is 2.22. The van der Waals surface area contributed by atoms with Crippen LogP contribution >= 0.6 is 11.3 Å². The zero-order chi connectivity index (χ0) is 14.4. The fraction of sp³-hybridized carbons (Fsp3) is 0.538. The van der Waals surface area contributed by atoms with Gasteiger partial charge in [-0.05, 0) is 26.7 Å². The first-order valence-corrected chi connectivity index (χ1v) is 7.39. The van der Waals surface area contributed by atoms with Crippen molar-refractivity contribution < 1.29 is 14.4 Å². The molecule has 7 heteroatoms. The number of aromatic nitrogens is 1. The maximum atomic E-state index is 12.7. The van der Waals surface area contributed by atoms with E-state index in [1.54, 1.807) is 4.90 Å². The summed E-state index contributed by atoms with van der Waals surface area (Å²) in [5.74, 6) is -0.923. The molecule has 2 heterocycles. The Morgan fingerprint density at radius 3 is 2.50 bits per heavy atom. The number of nitrogens with one attached hydrogen (secondary N) is 1. The van der Waals surface area contributed by atoms with Crippen LogP contribution in [0.5, 0.6) is 0 Å². The van der Waals surface area contributed by atoms with Gasteiger partial charge in [-0.15, -0.1) is 11.3 Å². The van der Waals surface area contributed by atoms with Gasteiger partial charge in [0.2, 0.25) is 11.8 Å². The molecule has 6 nitrogen and oxygen atoms in total. The highest BCUT2D eigenvalue weighted by molar-refractivity contribution is 7.11. The minimum Gasteiger partial charge on any atom is -0.322 e. The van der Waals surface area contributed by atoms with E-state index in [0.717, 1.165) is 22.7 Å². The van der Waals surface area contributed by atoms with Crippen LogP contribution in [0.1, 0.15) is 39.6 Å². The average molecular weight is 293 g/mol. The number of carbonyl (C=O) groups excluding carboxylic acids is 3. The van der Waals surface area contributed by atoms with Crippen molar-refractivity contribution in [3.63, 3.8) is 0 Å². The van der Waals surface area contributed by atoms with E-state index in [0.29, 0.717) is 5.69 Å². The Kier molecular flexibility index (Phi) is 3.08. The molecule has 1 aromatic heterocycles. The van der Waals surface area contributed by atoms with E-state index in [2.05, 4.69) is 10.3 Å². The van der Waals surface area contributed by atoms with Gasteiger partial charge in [-0.1, -0.05) is 0 Å². The molecule has 2 fully saturated rings. The summed E-state index contributed by atoms with van der Waals surface area (Å²) >= 11 is 1.46. The van der Waals surface area contributed by atoms with Crippen LogP contribution in [0.3, 0.4) is 0 Å². The van der Waals surface area contributed by atoms with Crippen molar-refractivity contribution in [2.75, 3.05) is 0 Å². The van der Waals surface area contributed by atoms with Crippen LogP contribution in [0.25, 0.3) is 0 Å². The van der Waals surface area contributed by atoms with Crippen molar-refractivity contribution >= 4 is 29.1 Å². The molecule has 0 radical (unpaired) electrons. The molecule has 2 aliphatic rings. The second kappa shape index (κ2) is 4.66. The number of imide groups is 1. The standard InChI is InChI=1S/C13H15N3O3S/c1-6-11(14-7(2)20-6)13(19)16(8-3-4-8)9-5-10(17)15-12(9)18/h8-9H,3-5H2,1-2H3,(H,15,17,18)/t9-/m1/s1. The summed E-state index contributed by atoms with van der Waals surface area (Å²) in [5.41, 5.74) is 0.409. The zero-order valence-electron chi connectivity index (χ0n) is 11.3. The fourth-order valence-corrected chi connectivity index (χ4v) is 3.34. The summed E-state index contributed by atoms with van der Waals surface area (Å²) in [6.45, 7) is 3.70. The van der Waals surface area contributed by atoms with Crippen LogP contribution in [0, 0.1) is 13.8 Å². The van der Waals surface area contributed by atoms with Gasteiger partial charge in [0.15, 0.2) is 0 Å². The molecule has 1 saturated heterocycles. The number of aryl methyl sites for hydroxylation is 2. The highest BCUT2D eigenvalue weighted by Crippen LogP contribution is 2.33. The van der Waals surface area contributed by atoms with Gasteiger partial charge in [0.25, 0.3) is 5.91 Å². The third-order valence-corrected chi connectivity index (χ3v) is 4.45. The lowest BCUT2D eigenvalue weighted by Gasteiger charge is -2.26. The van der Waals surface area contributed by atoms with Crippen LogP contribution in [0.15, 0.2) is 0 Å². The molecule has 106 valence electrons. The quantitative estimate of drug-likeness (QED) is 0.835. The topological polar surface area (TPSA) is 79.4 Å². The lowest BCUT2D eigenvalue weighted by Crippen LogP contribution is -2.46. The average Bonchev–Trinajstić information content (AvgIpc) is 3.05. The first kappa shape index (κ1) is 13.2. The van der Waals surface area contributed by atoms with Gasteiger partial charge in [-0.3, -0.25) is 19.7 Å². The molecule has 20 heavy (non-hydrogen) atoms. The summed E-state index contributed by atoms with van der Waals surface area (Å²) in [4.78, 5) is 42.6. The largest absolute Gasteiger partial charge is 0.322 e. The van der Waals surface area contributed by atoms with E-state index < -0.39 is 6.04 Å². The van der Waals surface area contributed by atoms with Crippen LogP contribution in [-0.2, 0) is 9.59 Å². The number of rotatable bonds is 3. The second-order valence-corrected chi connectivity index (χ2v) is 6.62. The van der Waals surface area contributed by atoms with Crippen molar-refractivity contribution in [3.05, 3.63) is 15.6 Å². The number of hydrogen-bond donors (Lipinski definition) is 1. The Hall–Kier alpha value is -1.76. The molecule has 1 aliphatic carbocycles. The molecule has 0 spiro atoms. The number of hydrogen-bond acceptors (Lipinski definition) is 5. The highest BCUT2D eigenvalue weighted by atomic mass is 32.1. The van der Waals surface area contributed by atoms with Crippen molar-refractivity contribution in [1.82, 2.24) is 15.2 Å². The predicted molar refractivity (Wildman–Crippen MR) is 72.3 cm³/mol. The van der Waals surface area contributed by atoms with E-state index in [4.69, 9.17) is 0 Å². The van der Waals surface area contributed by atoms with Gasteiger partial charge < -0.3 is 4.90 Å². The Balaban J connectivity index is 1.91. The van der Waals surface area contributed by atoms with Crippen molar-refractivity contribution in [3.8, 4) is 0 Å². The molecule has 3 amide bonds. The molecule has 3 rings (SSSR count). The molecule has 0 aromatic carbocycles. The lowest BCUT2D eigenvalue weighted by molar-refractivity contribution is -0.126. The molecule has 0 unspecified atom stereocenters. The van der Waals surface area contributed by atoms with E-state index in [1.165, 1.54) is 11.3 Å². The van der Waals surface area contributed by atoms with Gasteiger partial charge in [0, 0.05) is 10.9 Å². The van der Waals surface area contributed by atoms with Gasteiger partial charge in [0.05, 0.1) is 11.4 Å². The SMILES string of the molecule is Cc1nc(C(=O)N(C2CC2)[C@@H]2CC(=O)NC2=O)c(C)s1. The normalized spacial score (nSPS) is 22.0. The molecule has 0 bridgehead atoms. The Morgan fingerprint density at radius 1 is 1.35 bits per heavy atom. The summed E-state index contributed by atoms with van der Waals surface area (Å²) < 4.78 is 0. The highest BCUT2D eigenvalue weighted by Gasteiger charge is 2.45. The Morgan fingerprint density at radius 2 is 2.05 bits per heavy atom. The smallest absolute Gasteiger partial charge is 0.274 e. The lowest BCUT2D eigenvalue weighted by atomic mass is 10.1. The van der Waals surface area contributed by atoms with Crippen molar-refractivity contribution in [2.24, 2.45) is 0 Å². The molecule has 1 N–H and O–H groups in total. The van der Waals surface area contributed by atoms with Gasteiger partial charge in [-0.2, -0.15) is 0 Å². The van der Waals surface area contributed by atoms with E-state index in [9.17, 15) is 14.4 Å². The monoisotopic (exact) mass is 293 g/mol. The summed E-state index contributed by atoms with van der Waals surface area (Å²) in [5, 5.41) is 3.09.